The van der Waals surface area contributed by atoms with E-state index < -0.39 is 0 Å². The highest BCUT2D eigenvalue weighted by molar-refractivity contribution is 7.81. The van der Waals surface area contributed by atoms with Gasteiger partial charge in [-0.3, -0.25) is 0 Å². The highest BCUT2D eigenvalue weighted by Gasteiger charge is 2.15. The maximum absolute atomic E-state index is 4.38. The molecule has 0 atom stereocenters. The van der Waals surface area contributed by atoms with Gasteiger partial charge in [-0.2, -0.15) is 25.3 Å². The fourth-order valence-electron chi connectivity index (χ4n) is 3.00. The summed E-state index contributed by atoms with van der Waals surface area (Å²) >= 11 is 8.76. The quantitative estimate of drug-likeness (QED) is 0.667. The van der Waals surface area contributed by atoms with Gasteiger partial charge in [0.25, 0.3) is 0 Å². The first-order valence-corrected chi connectivity index (χ1v) is 8.90. The average Bonchev–Trinajstić information content (AvgIpc) is 2.50. The predicted octanol–water partition coefficient (Wildman–Crippen LogP) is 5.14. The van der Waals surface area contributed by atoms with E-state index in [1.165, 1.54) is 44.1 Å². The van der Waals surface area contributed by atoms with Crippen LogP contribution in [0.15, 0.2) is 24.3 Å². The Balaban J connectivity index is 1.87. The van der Waals surface area contributed by atoms with Crippen LogP contribution in [0.1, 0.15) is 55.6 Å². The lowest BCUT2D eigenvalue weighted by molar-refractivity contribution is 0.443. The molecule has 0 unspecified atom stereocenters. The zero-order valence-electron chi connectivity index (χ0n) is 11.7. The van der Waals surface area contributed by atoms with Gasteiger partial charge in [-0.25, -0.2) is 0 Å². The fourth-order valence-corrected chi connectivity index (χ4v) is 3.83. The summed E-state index contributed by atoms with van der Waals surface area (Å²) in [5.74, 6) is 3.36. The van der Waals surface area contributed by atoms with E-state index in [1.54, 1.807) is 5.56 Å². The second kappa shape index (κ2) is 8.26. The van der Waals surface area contributed by atoms with E-state index in [4.69, 9.17) is 0 Å². The molecule has 2 heteroatoms. The standard InChI is InChI=1S/C17H26S2/c18-12-15(13-19)7-6-14-8-10-17(11-9-14)16-4-2-1-3-5-16/h8-11,15-16,18-19H,1-7,12-13H2. The first-order chi connectivity index (χ1) is 9.33. The molecule has 106 valence electrons. The van der Waals surface area contributed by atoms with Crippen molar-refractivity contribution in [2.75, 3.05) is 11.5 Å². The van der Waals surface area contributed by atoms with E-state index in [2.05, 4.69) is 49.5 Å². The lowest BCUT2D eigenvalue weighted by Gasteiger charge is -2.22. The topological polar surface area (TPSA) is 0 Å². The third-order valence-electron chi connectivity index (χ3n) is 4.41. The molecule has 0 spiro atoms. The van der Waals surface area contributed by atoms with Gasteiger partial charge >= 0.3 is 0 Å². The average molecular weight is 295 g/mol. The van der Waals surface area contributed by atoms with Crippen LogP contribution in [0.3, 0.4) is 0 Å². The minimum absolute atomic E-state index is 0.643. The molecule has 0 heterocycles. The van der Waals surface area contributed by atoms with E-state index in [-0.39, 0.29) is 0 Å². The van der Waals surface area contributed by atoms with Crippen molar-refractivity contribution < 1.29 is 0 Å². The Bertz CT molecular complexity index is 348. The third-order valence-corrected chi connectivity index (χ3v) is 5.45. The number of benzene rings is 1. The van der Waals surface area contributed by atoms with Crippen LogP contribution in [0, 0.1) is 5.92 Å². The zero-order valence-corrected chi connectivity index (χ0v) is 13.5. The van der Waals surface area contributed by atoms with Gasteiger partial charge in [0.05, 0.1) is 0 Å². The van der Waals surface area contributed by atoms with Crippen LogP contribution >= 0.6 is 25.3 Å². The van der Waals surface area contributed by atoms with Crippen molar-refractivity contribution in [2.24, 2.45) is 5.92 Å². The molecule has 1 aliphatic carbocycles. The third kappa shape index (κ3) is 4.75. The van der Waals surface area contributed by atoms with Gasteiger partial charge in [0.1, 0.15) is 0 Å². The molecule has 0 bridgehead atoms. The SMILES string of the molecule is SCC(CS)CCc1ccc(C2CCCCC2)cc1. The van der Waals surface area contributed by atoms with Crippen molar-refractivity contribution in [3.05, 3.63) is 35.4 Å². The molecule has 0 radical (unpaired) electrons. The molecule has 1 saturated carbocycles. The summed E-state index contributed by atoms with van der Waals surface area (Å²) in [5.41, 5.74) is 3.02. The van der Waals surface area contributed by atoms with Crippen molar-refractivity contribution in [3.63, 3.8) is 0 Å². The number of hydrogen-bond donors (Lipinski definition) is 2. The van der Waals surface area contributed by atoms with Crippen molar-refractivity contribution in [2.45, 2.75) is 50.9 Å². The molecule has 1 aliphatic rings. The van der Waals surface area contributed by atoms with Gasteiger partial charge < -0.3 is 0 Å². The van der Waals surface area contributed by atoms with Gasteiger partial charge in [0, 0.05) is 0 Å². The van der Waals surface area contributed by atoms with Crippen LogP contribution in [-0.2, 0) is 6.42 Å². The van der Waals surface area contributed by atoms with Crippen molar-refractivity contribution >= 4 is 25.3 Å². The molecule has 1 aromatic rings. The summed E-state index contributed by atoms with van der Waals surface area (Å²) in [6, 6.07) is 9.39. The van der Waals surface area contributed by atoms with Gasteiger partial charge in [0.15, 0.2) is 0 Å². The fraction of sp³-hybridized carbons (Fsp3) is 0.647. The molecular weight excluding hydrogens is 268 g/mol. The van der Waals surface area contributed by atoms with Crippen LogP contribution < -0.4 is 0 Å². The Labute approximate surface area is 129 Å². The van der Waals surface area contributed by atoms with Gasteiger partial charge in [-0.05, 0) is 60.2 Å². The summed E-state index contributed by atoms with van der Waals surface area (Å²) in [5, 5.41) is 0. The van der Waals surface area contributed by atoms with E-state index >= 15 is 0 Å². The Morgan fingerprint density at radius 2 is 1.58 bits per heavy atom. The smallest absolute Gasteiger partial charge is 0.00616 e. The van der Waals surface area contributed by atoms with Crippen molar-refractivity contribution in [1.29, 1.82) is 0 Å². The van der Waals surface area contributed by atoms with Gasteiger partial charge in [-0.15, -0.1) is 0 Å². The molecule has 0 aromatic heterocycles. The predicted molar refractivity (Wildman–Crippen MR) is 91.8 cm³/mol. The van der Waals surface area contributed by atoms with Crippen molar-refractivity contribution in [3.8, 4) is 0 Å². The lowest BCUT2D eigenvalue weighted by atomic mass is 9.84. The molecule has 0 N–H and O–H groups in total. The summed E-state index contributed by atoms with van der Waals surface area (Å²) in [4.78, 5) is 0. The first-order valence-electron chi connectivity index (χ1n) is 7.64. The summed E-state index contributed by atoms with van der Waals surface area (Å²) in [6.07, 6.45) is 9.41. The molecule has 0 saturated heterocycles. The number of thiol groups is 2. The monoisotopic (exact) mass is 294 g/mol. The molecule has 19 heavy (non-hydrogen) atoms. The molecule has 0 amide bonds. The first kappa shape index (κ1) is 15.3. The van der Waals surface area contributed by atoms with Crippen LogP contribution in [0.25, 0.3) is 0 Å². The molecule has 0 nitrogen and oxygen atoms in total. The molecule has 1 fully saturated rings. The highest BCUT2D eigenvalue weighted by Crippen LogP contribution is 2.32. The Morgan fingerprint density at radius 1 is 0.947 bits per heavy atom. The molecule has 2 rings (SSSR count). The van der Waals surface area contributed by atoms with Crippen LogP contribution in [-0.4, -0.2) is 11.5 Å². The second-order valence-electron chi connectivity index (χ2n) is 5.85. The minimum atomic E-state index is 0.643. The molecule has 1 aromatic carbocycles. The van der Waals surface area contributed by atoms with Gasteiger partial charge in [0.2, 0.25) is 0 Å². The summed E-state index contributed by atoms with van der Waals surface area (Å²) in [7, 11) is 0. The van der Waals surface area contributed by atoms with E-state index in [0.717, 1.165) is 23.8 Å². The minimum Gasteiger partial charge on any atom is -0.179 e. The highest BCUT2D eigenvalue weighted by atomic mass is 32.1. The maximum Gasteiger partial charge on any atom is -0.00616 e. The molecular formula is C17H26S2. The van der Waals surface area contributed by atoms with Crippen LogP contribution in [0.5, 0.6) is 0 Å². The number of rotatable bonds is 6. The Hall–Kier alpha value is -0.0800. The van der Waals surface area contributed by atoms with Crippen LogP contribution in [0.2, 0.25) is 0 Å². The van der Waals surface area contributed by atoms with E-state index in [1.807, 2.05) is 0 Å². The largest absolute Gasteiger partial charge is 0.179 e. The van der Waals surface area contributed by atoms with Crippen molar-refractivity contribution in [1.82, 2.24) is 0 Å². The van der Waals surface area contributed by atoms with E-state index in [0.29, 0.717) is 5.92 Å². The summed E-state index contributed by atoms with van der Waals surface area (Å²) < 4.78 is 0. The second-order valence-corrected chi connectivity index (χ2v) is 6.58. The lowest BCUT2D eigenvalue weighted by Crippen LogP contribution is -2.06. The summed E-state index contributed by atoms with van der Waals surface area (Å²) in [6.45, 7) is 0. The van der Waals surface area contributed by atoms with E-state index in [9.17, 15) is 0 Å². The maximum atomic E-state index is 4.38. The Kier molecular flexibility index (Phi) is 6.66. The zero-order chi connectivity index (χ0) is 13.5. The Morgan fingerprint density at radius 3 is 2.16 bits per heavy atom. The normalized spacial score (nSPS) is 17.0. The number of hydrogen-bond acceptors (Lipinski definition) is 2. The molecule has 0 aliphatic heterocycles. The van der Waals surface area contributed by atoms with Gasteiger partial charge in [-0.1, -0.05) is 43.5 Å². The number of aryl methyl sites for hydroxylation is 1. The van der Waals surface area contributed by atoms with Crippen LogP contribution in [0.4, 0.5) is 0 Å².